The number of carbonyl (C=O) groups is 1. The van der Waals surface area contributed by atoms with Gasteiger partial charge in [0.1, 0.15) is 5.69 Å². The molecule has 1 aromatic heterocycles. The number of aryl methyl sites for hydroxylation is 1. The van der Waals surface area contributed by atoms with E-state index in [-0.39, 0.29) is 11.4 Å². The highest BCUT2D eigenvalue weighted by Gasteiger charge is 2.18. The van der Waals surface area contributed by atoms with Crippen LogP contribution in [-0.2, 0) is 7.05 Å². The number of amides is 1. The fraction of sp³-hybridized carbons (Fsp3) is 0.0833. The summed E-state index contributed by atoms with van der Waals surface area (Å²) < 4.78 is 1.95. The summed E-state index contributed by atoms with van der Waals surface area (Å²) in [7, 11) is 1.56. The molecule has 0 spiro atoms. The zero-order valence-corrected chi connectivity index (χ0v) is 12.6. The van der Waals surface area contributed by atoms with E-state index < -0.39 is 10.8 Å². The summed E-state index contributed by atoms with van der Waals surface area (Å²) in [5.41, 5.74) is 0.540. The van der Waals surface area contributed by atoms with E-state index in [0.717, 1.165) is 0 Å². The van der Waals surface area contributed by atoms with Crippen LogP contribution >= 0.6 is 27.5 Å². The number of hydrogen-bond acceptors (Lipinski definition) is 3. The lowest BCUT2D eigenvalue weighted by Gasteiger charge is -2.08. The Labute approximate surface area is 127 Å². The Morgan fingerprint density at radius 1 is 1.50 bits per heavy atom. The molecule has 20 heavy (non-hydrogen) atoms. The number of nitrogens with zero attached hydrogens (tertiary/aromatic N) is 2. The first-order chi connectivity index (χ1) is 9.40. The van der Waals surface area contributed by atoms with Crippen molar-refractivity contribution in [2.24, 2.45) is 7.05 Å². The van der Waals surface area contributed by atoms with E-state index in [4.69, 9.17) is 11.6 Å². The lowest BCUT2D eigenvalue weighted by atomic mass is 10.3. The van der Waals surface area contributed by atoms with Gasteiger partial charge in [-0.05, 0) is 28.1 Å². The van der Waals surface area contributed by atoms with Gasteiger partial charge < -0.3 is 9.88 Å². The Morgan fingerprint density at radius 2 is 2.20 bits per heavy atom. The van der Waals surface area contributed by atoms with Crippen molar-refractivity contribution in [2.75, 3.05) is 5.32 Å². The third-order valence-electron chi connectivity index (χ3n) is 2.63. The molecule has 1 aromatic carbocycles. The van der Waals surface area contributed by atoms with Gasteiger partial charge in [-0.25, -0.2) is 0 Å². The predicted molar refractivity (Wildman–Crippen MR) is 79.2 cm³/mol. The van der Waals surface area contributed by atoms with Crippen molar-refractivity contribution in [3.05, 3.63) is 55.8 Å². The fourth-order valence-corrected chi connectivity index (χ4v) is 2.20. The number of anilines is 1. The van der Waals surface area contributed by atoms with Gasteiger partial charge in [0.25, 0.3) is 11.6 Å². The minimum Gasteiger partial charge on any atom is -0.340 e. The van der Waals surface area contributed by atoms with Crippen LogP contribution < -0.4 is 5.32 Å². The lowest BCUT2D eigenvalue weighted by Crippen LogP contribution is -2.15. The highest BCUT2D eigenvalue weighted by Crippen LogP contribution is 2.30. The Bertz CT molecular complexity index is 699. The van der Waals surface area contributed by atoms with Crippen molar-refractivity contribution in [1.82, 2.24) is 4.57 Å². The predicted octanol–water partition coefficient (Wildman–Crippen LogP) is 3.60. The average molecular weight is 359 g/mol. The van der Waals surface area contributed by atoms with Gasteiger partial charge in [-0.1, -0.05) is 17.7 Å². The van der Waals surface area contributed by atoms with Crippen LogP contribution in [0.3, 0.4) is 0 Å². The van der Waals surface area contributed by atoms with E-state index in [1.54, 1.807) is 25.2 Å². The molecule has 8 heteroatoms. The van der Waals surface area contributed by atoms with Crippen molar-refractivity contribution in [3.63, 3.8) is 0 Å². The molecule has 0 fully saturated rings. The fourth-order valence-electron chi connectivity index (χ4n) is 1.66. The van der Waals surface area contributed by atoms with E-state index in [1.165, 1.54) is 16.8 Å². The molecule has 0 saturated carbocycles. The molecule has 0 bridgehead atoms. The van der Waals surface area contributed by atoms with Gasteiger partial charge in [0, 0.05) is 13.1 Å². The van der Waals surface area contributed by atoms with E-state index >= 15 is 0 Å². The number of aromatic nitrogens is 1. The van der Waals surface area contributed by atoms with Gasteiger partial charge in [0.15, 0.2) is 0 Å². The zero-order chi connectivity index (χ0) is 14.9. The maximum Gasteiger partial charge on any atom is 0.287 e. The van der Waals surface area contributed by atoms with Gasteiger partial charge in [0.05, 0.1) is 26.3 Å². The molecule has 2 rings (SSSR count). The van der Waals surface area contributed by atoms with Crippen LogP contribution in [0.5, 0.6) is 0 Å². The third kappa shape index (κ3) is 2.83. The Kier molecular flexibility index (Phi) is 4.10. The number of carbonyl (C=O) groups excluding carboxylic acids is 1. The molecule has 0 aliphatic rings. The second kappa shape index (κ2) is 5.64. The number of rotatable bonds is 3. The number of hydrogen-bond donors (Lipinski definition) is 1. The highest BCUT2D eigenvalue weighted by atomic mass is 79.9. The number of nitro groups is 1. The summed E-state index contributed by atoms with van der Waals surface area (Å²) in [4.78, 5) is 22.2. The average Bonchev–Trinajstić information content (AvgIpc) is 2.77. The van der Waals surface area contributed by atoms with Crippen LogP contribution in [0.15, 0.2) is 34.9 Å². The molecule has 104 valence electrons. The van der Waals surface area contributed by atoms with Crippen LogP contribution in [0.1, 0.15) is 10.5 Å². The zero-order valence-electron chi connectivity index (χ0n) is 10.3. The molecule has 1 N–H and O–H groups in total. The summed E-state index contributed by atoms with van der Waals surface area (Å²) in [5, 5.41) is 13.8. The number of benzene rings is 1. The molecule has 2 aromatic rings. The molecule has 0 unspecified atom stereocenters. The van der Waals surface area contributed by atoms with Gasteiger partial charge in [0.2, 0.25) is 0 Å². The molecule has 0 aliphatic carbocycles. The standard InChI is InChI=1S/C12H9BrClN3O3/c1-16-6-7(17(19)20)5-10(16)12(18)15-9-4-2-3-8(14)11(9)13/h2-6H,1H3,(H,15,18). The maximum absolute atomic E-state index is 12.1. The topological polar surface area (TPSA) is 77.2 Å². The minimum atomic E-state index is -0.550. The van der Waals surface area contributed by atoms with Crippen LogP contribution in [0.2, 0.25) is 5.02 Å². The van der Waals surface area contributed by atoms with Gasteiger partial charge >= 0.3 is 0 Å². The molecule has 0 radical (unpaired) electrons. The lowest BCUT2D eigenvalue weighted by molar-refractivity contribution is -0.384. The highest BCUT2D eigenvalue weighted by molar-refractivity contribution is 9.10. The van der Waals surface area contributed by atoms with Crippen LogP contribution in [0, 0.1) is 10.1 Å². The van der Waals surface area contributed by atoms with Crippen molar-refractivity contribution >= 4 is 44.8 Å². The van der Waals surface area contributed by atoms with Crippen molar-refractivity contribution in [1.29, 1.82) is 0 Å². The quantitative estimate of drug-likeness (QED) is 0.672. The summed E-state index contributed by atoms with van der Waals surface area (Å²) in [6.07, 6.45) is 1.28. The van der Waals surface area contributed by atoms with E-state index in [9.17, 15) is 14.9 Å². The third-order valence-corrected chi connectivity index (χ3v) is 4.03. The number of halogens is 2. The molecule has 1 amide bonds. The second-order valence-electron chi connectivity index (χ2n) is 4.01. The normalized spacial score (nSPS) is 10.3. The molecule has 6 nitrogen and oxygen atoms in total. The summed E-state index contributed by atoms with van der Waals surface area (Å²) in [6, 6.07) is 6.25. The first kappa shape index (κ1) is 14.5. The van der Waals surface area contributed by atoms with Gasteiger partial charge in [-0.15, -0.1) is 0 Å². The molecule has 1 heterocycles. The van der Waals surface area contributed by atoms with E-state index in [0.29, 0.717) is 15.2 Å². The summed E-state index contributed by atoms with van der Waals surface area (Å²) in [6.45, 7) is 0. The minimum absolute atomic E-state index is 0.136. The first-order valence-corrected chi connectivity index (χ1v) is 6.63. The largest absolute Gasteiger partial charge is 0.340 e. The van der Waals surface area contributed by atoms with Gasteiger partial charge in [-0.3, -0.25) is 14.9 Å². The van der Waals surface area contributed by atoms with E-state index in [2.05, 4.69) is 21.2 Å². The Morgan fingerprint density at radius 3 is 2.80 bits per heavy atom. The molecular weight excluding hydrogens is 350 g/mol. The smallest absolute Gasteiger partial charge is 0.287 e. The van der Waals surface area contributed by atoms with Crippen molar-refractivity contribution in [2.45, 2.75) is 0 Å². The molecule has 0 saturated heterocycles. The molecule has 0 atom stereocenters. The summed E-state index contributed by atoms with van der Waals surface area (Å²) >= 11 is 9.19. The second-order valence-corrected chi connectivity index (χ2v) is 5.21. The van der Waals surface area contributed by atoms with Crippen molar-refractivity contribution in [3.8, 4) is 0 Å². The maximum atomic E-state index is 12.1. The Balaban J connectivity index is 2.28. The SMILES string of the molecule is Cn1cc([N+](=O)[O-])cc1C(=O)Nc1cccc(Cl)c1Br. The number of nitrogens with one attached hydrogen (secondary N) is 1. The molecular formula is C12H9BrClN3O3. The van der Waals surface area contributed by atoms with E-state index in [1.807, 2.05) is 0 Å². The Hall–Kier alpha value is -1.86. The van der Waals surface area contributed by atoms with Crippen LogP contribution in [0.25, 0.3) is 0 Å². The monoisotopic (exact) mass is 357 g/mol. The van der Waals surface area contributed by atoms with Crippen molar-refractivity contribution < 1.29 is 9.72 Å². The summed E-state index contributed by atoms with van der Waals surface area (Å²) in [5.74, 6) is -0.455. The van der Waals surface area contributed by atoms with Crippen LogP contribution in [0.4, 0.5) is 11.4 Å². The first-order valence-electron chi connectivity index (χ1n) is 5.46. The molecule has 0 aliphatic heterocycles. The van der Waals surface area contributed by atoms with Gasteiger partial charge in [-0.2, -0.15) is 0 Å². The van der Waals surface area contributed by atoms with Crippen LogP contribution in [-0.4, -0.2) is 15.4 Å².